The van der Waals surface area contributed by atoms with Crippen molar-refractivity contribution in [1.82, 2.24) is 9.97 Å². The Kier molecular flexibility index (Phi) is 4.30. The number of nitrogens with zero attached hydrogens (tertiary/aromatic N) is 2. The summed E-state index contributed by atoms with van der Waals surface area (Å²) in [6.07, 6.45) is 3.55. The van der Waals surface area contributed by atoms with E-state index in [1.54, 1.807) is 19.5 Å². The molecule has 0 bridgehead atoms. The molecule has 0 saturated heterocycles. The van der Waals surface area contributed by atoms with Gasteiger partial charge in [-0.25, -0.2) is 9.97 Å². The SMILES string of the molecule is COc1ccccc1-c1cnc(NC(C)CN)nc1. The summed E-state index contributed by atoms with van der Waals surface area (Å²) in [6, 6.07) is 7.94. The first-order valence-electron chi connectivity index (χ1n) is 6.16. The molecule has 0 amide bonds. The normalized spacial score (nSPS) is 11.9. The molecule has 1 aromatic carbocycles. The fraction of sp³-hybridized carbons (Fsp3) is 0.286. The summed E-state index contributed by atoms with van der Waals surface area (Å²) in [5.41, 5.74) is 7.44. The highest BCUT2D eigenvalue weighted by Gasteiger charge is 2.07. The number of nitrogens with one attached hydrogen (secondary N) is 1. The average molecular weight is 258 g/mol. The van der Waals surface area contributed by atoms with Gasteiger partial charge in [-0.1, -0.05) is 18.2 Å². The lowest BCUT2D eigenvalue weighted by atomic mass is 10.1. The Morgan fingerprint density at radius 2 is 1.95 bits per heavy atom. The van der Waals surface area contributed by atoms with Crippen LogP contribution in [-0.2, 0) is 0 Å². The van der Waals surface area contributed by atoms with Gasteiger partial charge in [0.05, 0.1) is 7.11 Å². The zero-order valence-electron chi connectivity index (χ0n) is 11.1. The first-order valence-corrected chi connectivity index (χ1v) is 6.16. The van der Waals surface area contributed by atoms with E-state index in [0.29, 0.717) is 12.5 Å². The predicted molar refractivity (Wildman–Crippen MR) is 76.2 cm³/mol. The second-order valence-corrected chi connectivity index (χ2v) is 4.28. The molecule has 1 unspecified atom stereocenters. The van der Waals surface area contributed by atoms with E-state index < -0.39 is 0 Å². The van der Waals surface area contributed by atoms with Gasteiger partial charge in [-0.3, -0.25) is 0 Å². The van der Waals surface area contributed by atoms with Crippen LogP contribution < -0.4 is 15.8 Å². The van der Waals surface area contributed by atoms with Gasteiger partial charge in [-0.15, -0.1) is 0 Å². The van der Waals surface area contributed by atoms with Crippen LogP contribution in [0.5, 0.6) is 5.75 Å². The minimum atomic E-state index is 0.150. The van der Waals surface area contributed by atoms with Crippen molar-refractivity contribution in [3.05, 3.63) is 36.7 Å². The first kappa shape index (κ1) is 13.3. The van der Waals surface area contributed by atoms with Crippen molar-refractivity contribution in [2.45, 2.75) is 13.0 Å². The lowest BCUT2D eigenvalue weighted by molar-refractivity contribution is 0.416. The van der Waals surface area contributed by atoms with Crippen LogP contribution in [0.4, 0.5) is 5.95 Å². The zero-order chi connectivity index (χ0) is 13.7. The van der Waals surface area contributed by atoms with Crippen LogP contribution in [0.2, 0.25) is 0 Å². The summed E-state index contributed by atoms with van der Waals surface area (Å²) in [5.74, 6) is 1.39. The molecule has 5 nitrogen and oxygen atoms in total. The molecule has 0 radical (unpaired) electrons. The highest BCUT2D eigenvalue weighted by atomic mass is 16.5. The van der Waals surface area contributed by atoms with Crippen LogP contribution in [0.1, 0.15) is 6.92 Å². The molecule has 0 fully saturated rings. The topological polar surface area (TPSA) is 73.1 Å². The minimum absolute atomic E-state index is 0.150. The molecule has 1 heterocycles. The lowest BCUT2D eigenvalue weighted by Gasteiger charge is -2.11. The van der Waals surface area contributed by atoms with Gasteiger partial charge >= 0.3 is 0 Å². The molecule has 1 atom stereocenters. The highest BCUT2D eigenvalue weighted by molar-refractivity contribution is 5.69. The van der Waals surface area contributed by atoms with Crippen molar-refractivity contribution in [1.29, 1.82) is 0 Å². The smallest absolute Gasteiger partial charge is 0.222 e. The number of hydrogen-bond acceptors (Lipinski definition) is 5. The Morgan fingerprint density at radius 3 is 2.58 bits per heavy atom. The monoisotopic (exact) mass is 258 g/mol. The number of nitrogens with two attached hydrogens (primary N) is 1. The molecule has 0 aliphatic rings. The van der Waals surface area contributed by atoms with Crippen molar-refractivity contribution < 1.29 is 4.74 Å². The van der Waals surface area contributed by atoms with Gasteiger partial charge in [0.2, 0.25) is 5.95 Å². The third-order valence-corrected chi connectivity index (χ3v) is 2.80. The second kappa shape index (κ2) is 6.15. The van der Waals surface area contributed by atoms with Crippen molar-refractivity contribution in [2.24, 2.45) is 5.73 Å². The minimum Gasteiger partial charge on any atom is -0.496 e. The predicted octanol–water partition coefficient (Wildman–Crippen LogP) is 1.91. The first-order chi connectivity index (χ1) is 9.24. The van der Waals surface area contributed by atoms with E-state index in [9.17, 15) is 0 Å². The molecule has 1 aromatic heterocycles. The Balaban J connectivity index is 2.22. The fourth-order valence-corrected chi connectivity index (χ4v) is 1.70. The number of anilines is 1. The fourth-order valence-electron chi connectivity index (χ4n) is 1.70. The Labute approximate surface area is 112 Å². The summed E-state index contributed by atoms with van der Waals surface area (Å²) in [7, 11) is 1.65. The Hall–Kier alpha value is -2.14. The van der Waals surface area contributed by atoms with Crippen molar-refractivity contribution in [3.63, 3.8) is 0 Å². The number of rotatable bonds is 5. The molecule has 19 heavy (non-hydrogen) atoms. The van der Waals surface area contributed by atoms with Crippen LogP contribution in [0, 0.1) is 0 Å². The largest absolute Gasteiger partial charge is 0.496 e. The highest BCUT2D eigenvalue weighted by Crippen LogP contribution is 2.28. The Bertz CT molecular complexity index is 527. The molecular formula is C14H18N4O. The number of aromatic nitrogens is 2. The summed E-state index contributed by atoms with van der Waals surface area (Å²) in [6.45, 7) is 2.52. The number of ether oxygens (including phenoxy) is 1. The van der Waals surface area contributed by atoms with Gasteiger partial charge in [0.15, 0.2) is 0 Å². The van der Waals surface area contributed by atoms with Gasteiger partial charge in [-0.05, 0) is 13.0 Å². The van der Waals surface area contributed by atoms with Crippen molar-refractivity contribution >= 4 is 5.95 Å². The van der Waals surface area contributed by atoms with Crippen molar-refractivity contribution in [2.75, 3.05) is 19.0 Å². The van der Waals surface area contributed by atoms with Crippen LogP contribution in [-0.4, -0.2) is 29.7 Å². The van der Waals surface area contributed by atoms with Gasteiger partial charge < -0.3 is 15.8 Å². The standard InChI is InChI=1S/C14H18N4O/c1-10(7-15)18-14-16-8-11(9-17-14)12-5-3-4-6-13(12)19-2/h3-6,8-10H,7,15H2,1-2H3,(H,16,17,18). The summed E-state index contributed by atoms with van der Waals surface area (Å²) < 4.78 is 5.32. The molecular weight excluding hydrogens is 240 g/mol. The van der Waals surface area contributed by atoms with Gasteiger partial charge in [0.1, 0.15) is 5.75 Å². The summed E-state index contributed by atoms with van der Waals surface area (Å²) in [5, 5.41) is 3.12. The molecule has 2 rings (SSSR count). The average Bonchev–Trinajstić information content (AvgIpc) is 2.48. The maximum atomic E-state index is 5.54. The second-order valence-electron chi connectivity index (χ2n) is 4.28. The van der Waals surface area contributed by atoms with Crippen LogP contribution in [0.25, 0.3) is 11.1 Å². The summed E-state index contributed by atoms with van der Waals surface area (Å²) >= 11 is 0. The van der Waals surface area contributed by atoms with Gasteiger partial charge in [-0.2, -0.15) is 0 Å². The molecule has 0 saturated carbocycles. The van der Waals surface area contributed by atoms with Crippen molar-refractivity contribution in [3.8, 4) is 16.9 Å². The van der Waals surface area contributed by atoms with Crippen LogP contribution in [0.3, 0.4) is 0 Å². The molecule has 2 aromatic rings. The number of para-hydroxylation sites is 1. The molecule has 0 aliphatic heterocycles. The molecule has 0 spiro atoms. The van der Waals surface area contributed by atoms with Gasteiger partial charge in [0, 0.05) is 36.1 Å². The third kappa shape index (κ3) is 3.20. The van der Waals surface area contributed by atoms with Gasteiger partial charge in [0.25, 0.3) is 0 Å². The van der Waals surface area contributed by atoms with E-state index in [1.807, 2.05) is 31.2 Å². The molecule has 3 N–H and O–H groups in total. The van der Waals surface area contributed by atoms with E-state index in [0.717, 1.165) is 16.9 Å². The number of hydrogen-bond donors (Lipinski definition) is 2. The van der Waals surface area contributed by atoms with E-state index in [1.165, 1.54) is 0 Å². The van der Waals surface area contributed by atoms with E-state index in [4.69, 9.17) is 10.5 Å². The quantitative estimate of drug-likeness (QED) is 0.857. The van der Waals surface area contributed by atoms with E-state index in [2.05, 4.69) is 15.3 Å². The molecule has 100 valence electrons. The van der Waals surface area contributed by atoms with Crippen LogP contribution in [0.15, 0.2) is 36.7 Å². The maximum Gasteiger partial charge on any atom is 0.222 e. The molecule has 0 aliphatic carbocycles. The Morgan fingerprint density at radius 1 is 1.26 bits per heavy atom. The lowest BCUT2D eigenvalue weighted by Crippen LogP contribution is -2.26. The maximum absolute atomic E-state index is 5.54. The number of benzene rings is 1. The number of methoxy groups -OCH3 is 1. The third-order valence-electron chi connectivity index (χ3n) is 2.80. The van der Waals surface area contributed by atoms with E-state index in [-0.39, 0.29) is 6.04 Å². The van der Waals surface area contributed by atoms with E-state index >= 15 is 0 Å². The zero-order valence-corrected chi connectivity index (χ0v) is 11.1. The summed E-state index contributed by atoms with van der Waals surface area (Å²) in [4.78, 5) is 8.57. The molecule has 5 heteroatoms. The van der Waals surface area contributed by atoms with Crippen LogP contribution >= 0.6 is 0 Å².